The van der Waals surface area contributed by atoms with E-state index in [0.29, 0.717) is 26.4 Å². The Hall–Kier alpha value is -1.34. The zero-order valence-corrected chi connectivity index (χ0v) is 13.6. The molecule has 2 heterocycles. The Morgan fingerprint density at radius 1 is 1.26 bits per heavy atom. The molecule has 0 amide bonds. The number of benzene rings is 1. The Kier molecular flexibility index (Phi) is 5.38. The SMILES string of the molecule is C[N+]1(C[C@H](O)COC[C@@H]2COc3ccccc3O2)CCOCC1. The number of hydrogen-bond acceptors (Lipinski definition) is 5. The summed E-state index contributed by atoms with van der Waals surface area (Å²) in [5, 5.41) is 10.2. The molecule has 2 atom stereocenters. The van der Waals surface area contributed by atoms with E-state index in [1.165, 1.54) is 0 Å². The van der Waals surface area contributed by atoms with Gasteiger partial charge in [-0.05, 0) is 12.1 Å². The number of quaternary nitrogens is 1. The lowest BCUT2D eigenvalue weighted by atomic mass is 10.2. The van der Waals surface area contributed by atoms with Crippen LogP contribution in [0.1, 0.15) is 0 Å². The van der Waals surface area contributed by atoms with Gasteiger partial charge in [0.25, 0.3) is 0 Å². The Bertz CT molecular complexity index is 504. The number of nitrogens with zero attached hydrogens (tertiary/aromatic N) is 1. The van der Waals surface area contributed by atoms with Gasteiger partial charge in [0.2, 0.25) is 0 Å². The van der Waals surface area contributed by atoms with Crippen molar-refractivity contribution in [3.8, 4) is 11.5 Å². The zero-order valence-electron chi connectivity index (χ0n) is 13.6. The van der Waals surface area contributed by atoms with Gasteiger partial charge in [0, 0.05) is 0 Å². The van der Waals surface area contributed by atoms with Gasteiger partial charge in [-0.3, -0.25) is 0 Å². The number of aliphatic hydroxyl groups excluding tert-OH is 1. The smallest absolute Gasteiger partial charge is 0.161 e. The number of aliphatic hydroxyl groups is 1. The Morgan fingerprint density at radius 3 is 2.78 bits per heavy atom. The average molecular weight is 324 g/mol. The van der Waals surface area contributed by atoms with Crippen molar-refractivity contribution in [2.75, 3.05) is 59.7 Å². The second-order valence-electron chi connectivity index (χ2n) is 6.55. The minimum atomic E-state index is -0.477. The highest BCUT2D eigenvalue weighted by Gasteiger charge is 2.28. The van der Waals surface area contributed by atoms with Crippen molar-refractivity contribution in [3.63, 3.8) is 0 Å². The molecule has 1 N–H and O–H groups in total. The lowest BCUT2D eigenvalue weighted by Gasteiger charge is -2.38. The molecule has 23 heavy (non-hydrogen) atoms. The molecular formula is C17H26NO5+. The van der Waals surface area contributed by atoms with Gasteiger partial charge in [-0.2, -0.15) is 0 Å². The van der Waals surface area contributed by atoms with Crippen LogP contribution in [0.2, 0.25) is 0 Å². The standard InChI is InChI=1S/C17H26NO5/c1-18(6-8-20-9-7-18)10-14(19)11-21-12-15-13-22-16-4-2-3-5-17(16)23-15/h2-5,14-15,19H,6-13H2,1H3/q+1/t14-,15+/m0/s1. The van der Waals surface area contributed by atoms with Crippen molar-refractivity contribution in [2.45, 2.75) is 12.2 Å². The normalized spacial score (nSPS) is 24.2. The summed E-state index contributed by atoms with van der Waals surface area (Å²) in [5.74, 6) is 1.52. The molecule has 0 radical (unpaired) electrons. The summed E-state index contributed by atoms with van der Waals surface area (Å²) in [4.78, 5) is 0. The number of fused-ring (bicyclic) bond motifs is 1. The third kappa shape index (κ3) is 4.57. The van der Waals surface area contributed by atoms with Gasteiger partial charge in [-0.1, -0.05) is 12.1 Å². The van der Waals surface area contributed by atoms with Crippen molar-refractivity contribution >= 4 is 0 Å². The first kappa shape index (κ1) is 16.5. The first-order valence-corrected chi connectivity index (χ1v) is 8.20. The molecule has 2 aliphatic rings. The van der Waals surface area contributed by atoms with Gasteiger partial charge in [-0.15, -0.1) is 0 Å². The topological polar surface area (TPSA) is 57.2 Å². The first-order chi connectivity index (χ1) is 11.1. The highest BCUT2D eigenvalue weighted by Crippen LogP contribution is 2.30. The molecule has 128 valence electrons. The lowest BCUT2D eigenvalue weighted by molar-refractivity contribution is -0.919. The fourth-order valence-corrected chi connectivity index (χ4v) is 3.01. The van der Waals surface area contributed by atoms with Crippen LogP contribution in [0.15, 0.2) is 24.3 Å². The van der Waals surface area contributed by atoms with Gasteiger partial charge in [0.05, 0.1) is 33.5 Å². The number of para-hydroxylation sites is 2. The zero-order chi connectivity index (χ0) is 16.1. The van der Waals surface area contributed by atoms with Crippen LogP contribution in [0.5, 0.6) is 11.5 Å². The number of hydrogen-bond donors (Lipinski definition) is 1. The Labute approximate surface area is 137 Å². The quantitative estimate of drug-likeness (QED) is 0.780. The van der Waals surface area contributed by atoms with Crippen LogP contribution in [-0.4, -0.2) is 81.5 Å². The van der Waals surface area contributed by atoms with Crippen LogP contribution in [0.3, 0.4) is 0 Å². The highest BCUT2D eigenvalue weighted by molar-refractivity contribution is 5.40. The summed E-state index contributed by atoms with van der Waals surface area (Å²) in [6.45, 7) is 5.29. The van der Waals surface area contributed by atoms with Gasteiger partial charge >= 0.3 is 0 Å². The fraction of sp³-hybridized carbons (Fsp3) is 0.647. The van der Waals surface area contributed by atoms with Gasteiger partial charge in [-0.25, -0.2) is 0 Å². The molecule has 2 aliphatic heterocycles. The van der Waals surface area contributed by atoms with Crippen molar-refractivity contribution in [2.24, 2.45) is 0 Å². The molecule has 0 unspecified atom stereocenters. The van der Waals surface area contributed by atoms with E-state index in [1.807, 2.05) is 24.3 Å². The monoisotopic (exact) mass is 324 g/mol. The molecule has 0 bridgehead atoms. The summed E-state index contributed by atoms with van der Waals surface area (Å²) in [7, 11) is 2.15. The molecule has 0 aliphatic carbocycles. The van der Waals surface area contributed by atoms with Crippen LogP contribution in [0.4, 0.5) is 0 Å². The number of ether oxygens (including phenoxy) is 4. The van der Waals surface area contributed by atoms with Crippen LogP contribution in [0, 0.1) is 0 Å². The van der Waals surface area contributed by atoms with E-state index in [1.54, 1.807) is 0 Å². The Morgan fingerprint density at radius 2 is 2.00 bits per heavy atom. The predicted molar refractivity (Wildman–Crippen MR) is 84.8 cm³/mol. The largest absolute Gasteiger partial charge is 0.486 e. The van der Waals surface area contributed by atoms with Gasteiger partial charge in [0.1, 0.15) is 32.3 Å². The lowest BCUT2D eigenvalue weighted by Crippen LogP contribution is -2.55. The van der Waals surface area contributed by atoms with Crippen molar-refractivity contribution < 1.29 is 28.5 Å². The highest BCUT2D eigenvalue weighted by atomic mass is 16.6. The van der Waals surface area contributed by atoms with E-state index in [-0.39, 0.29) is 6.10 Å². The van der Waals surface area contributed by atoms with E-state index in [9.17, 15) is 5.11 Å². The fourth-order valence-electron chi connectivity index (χ4n) is 3.01. The molecule has 1 aromatic carbocycles. The van der Waals surface area contributed by atoms with Crippen molar-refractivity contribution in [3.05, 3.63) is 24.3 Å². The molecule has 1 fully saturated rings. The molecule has 0 aromatic heterocycles. The number of likely N-dealkylation sites (N-methyl/N-ethyl adjacent to an activating group) is 1. The Balaban J connectivity index is 1.38. The van der Waals surface area contributed by atoms with E-state index in [4.69, 9.17) is 18.9 Å². The molecule has 6 nitrogen and oxygen atoms in total. The minimum absolute atomic E-state index is 0.134. The van der Waals surface area contributed by atoms with Crippen molar-refractivity contribution in [1.29, 1.82) is 0 Å². The van der Waals surface area contributed by atoms with E-state index in [0.717, 1.165) is 42.3 Å². The van der Waals surface area contributed by atoms with E-state index < -0.39 is 6.10 Å². The molecule has 0 spiro atoms. The van der Waals surface area contributed by atoms with Crippen LogP contribution >= 0.6 is 0 Å². The summed E-state index contributed by atoms with van der Waals surface area (Å²) in [6.07, 6.45) is -0.611. The summed E-state index contributed by atoms with van der Waals surface area (Å²) in [6, 6.07) is 7.62. The molecule has 1 aromatic rings. The second kappa shape index (κ2) is 7.49. The number of rotatable bonds is 6. The maximum Gasteiger partial charge on any atom is 0.161 e. The van der Waals surface area contributed by atoms with E-state index >= 15 is 0 Å². The van der Waals surface area contributed by atoms with E-state index in [2.05, 4.69) is 7.05 Å². The minimum Gasteiger partial charge on any atom is -0.486 e. The van der Waals surface area contributed by atoms with Crippen LogP contribution in [-0.2, 0) is 9.47 Å². The van der Waals surface area contributed by atoms with Gasteiger partial charge in [0.15, 0.2) is 17.6 Å². The molecule has 1 saturated heterocycles. The van der Waals surface area contributed by atoms with Crippen LogP contribution in [0.25, 0.3) is 0 Å². The molecule has 6 heteroatoms. The average Bonchev–Trinajstić information content (AvgIpc) is 2.55. The van der Waals surface area contributed by atoms with Crippen molar-refractivity contribution in [1.82, 2.24) is 0 Å². The van der Waals surface area contributed by atoms with Gasteiger partial charge < -0.3 is 28.5 Å². The summed E-state index contributed by atoms with van der Waals surface area (Å²) < 4.78 is 23.3. The predicted octanol–water partition coefficient (Wildman–Crippen LogP) is 0.681. The number of morpholine rings is 1. The third-order valence-electron chi connectivity index (χ3n) is 4.38. The van der Waals surface area contributed by atoms with Crippen LogP contribution < -0.4 is 9.47 Å². The first-order valence-electron chi connectivity index (χ1n) is 8.20. The molecule has 3 rings (SSSR count). The second-order valence-corrected chi connectivity index (χ2v) is 6.55. The maximum absolute atomic E-state index is 10.2. The molecular weight excluding hydrogens is 298 g/mol. The summed E-state index contributed by atoms with van der Waals surface area (Å²) >= 11 is 0. The maximum atomic E-state index is 10.2. The molecule has 0 saturated carbocycles. The third-order valence-corrected chi connectivity index (χ3v) is 4.38. The summed E-state index contributed by atoms with van der Waals surface area (Å²) in [5.41, 5.74) is 0.